The molecule has 1 aliphatic carbocycles. The molecule has 0 bridgehead atoms. The molecule has 130 valence electrons. The Kier molecular flexibility index (Phi) is 5.66. The summed E-state index contributed by atoms with van der Waals surface area (Å²) in [5.74, 6) is 1.02. The Hall–Kier alpha value is -2.40. The first-order chi connectivity index (χ1) is 12.2. The molecule has 0 unspecified atom stereocenters. The van der Waals surface area contributed by atoms with Gasteiger partial charge in [-0.3, -0.25) is 9.78 Å². The molecule has 2 aromatic rings. The van der Waals surface area contributed by atoms with Crippen LogP contribution in [0, 0.1) is 0 Å². The lowest BCUT2D eigenvalue weighted by atomic mass is 9.88. The Bertz CT molecular complexity index is 805. The van der Waals surface area contributed by atoms with Crippen LogP contribution in [-0.2, 0) is 0 Å². The molecule has 6 heteroatoms. The van der Waals surface area contributed by atoms with Crippen molar-refractivity contribution in [2.45, 2.75) is 25.7 Å². The van der Waals surface area contributed by atoms with Crippen molar-refractivity contribution in [2.75, 3.05) is 13.7 Å². The van der Waals surface area contributed by atoms with Gasteiger partial charge in [-0.15, -0.1) is 0 Å². The molecule has 0 aromatic carbocycles. The van der Waals surface area contributed by atoms with E-state index >= 15 is 0 Å². The van der Waals surface area contributed by atoms with Gasteiger partial charge in [0.2, 0.25) is 5.88 Å². The van der Waals surface area contributed by atoms with Crippen molar-refractivity contribution in [3.05, 3.63) is 52.4 Å². The second-order valence-corrected chi connectivity index (χ2v) is 6.20. The van der Waals surface area contributed by atoms with Crippen molar-refractivity contribution in [2.24, 2.45) is 0 Å². The van der Waals surface area contributed by atoms with Crippen LogP contribution in [0.1, 0.15) is 41.6 Å². The van der Waals surface area contributed by atoms with Crippen LogP contribution >= 0.6 is 11.6 Å². The Morgan fingerprint density at radius 1 is 1.28 bits per heavy atom. The molecule has 0 saturated carbocycles. The predicted molar refractivity (Wildman–Crippen MR) is 96.3 cm³/mol. The molecule has 5 nitrogen and oxygen atoms in total. The summed E-state index contributed by atoms with van der Waals surface area (Å²) in [6.45, 7) is 0.385. The van der Waals surface area contributed by atoms with Gasteiger partial charge in [-0.05, 0) is 49.0 Å². The van der Waals surface area contributed by atoms with Crippen LogP contribution in [0.25, 0.3) is 5.57 Å². The second-order valence-electron chi connectivity index (χ2n) is 5.79. The number of rotatable bonds is 6. The van der Waals surface area contributed by atoms with Gasteiger partial charge in [-0.25, -0.2) is 4.98 Å². The van der Waals surface area contributed by atoms with Gasteiger partial charge in [0.15, 0.2) is 6.29 Å². The number of methoxy groups -OCH3 is 1. The molecule has 2 aromatic heterocycles. The van der Waals surface area contributed by atoms with Crippen LogP contribution in [0.5, 0.6) is 11.6 Å². The first kappa shape index (κ1) is 17.4. The highest BCUT2D eigenvalue weighted by Gasteiger charge is 2.19. The molecule has 0 saturated heterocycles. The molecule has 0 radical (unpaired) electrons. The number of carbonyl (C=O) groups is 1. The molecule has 0 aliphatic heterocycles. The molecule has 0 spiro atoms. The topological polar surface area (TPSA) is 61.3 Å². The van der Waals surface area contributed by atoms with Gasteiger partial charge in [0.25, 0.3) is 0 Å². The van der Waals surface area contributed by atoms with Gasteiger partial charge < -0.3 is 9.47 Å². The largest absolute Gasteiger partial charge is 0.487 e. The fraction of sp³-hybridized carbons (Fsp3) is 0.316. The first-order valence-electron chi connectivity index (χ1n) is 8.16. The third kappa shape index (κ3) is 3.82. The molecule has 25 heavy (non-hydrogen) atoms. The summed E-state index contributed by atoms with van der Waals surface area (Å²) < 4.78 is 11.3. The minimum Gasteiger partial charge on any atom is -0.487 e. The SMILES string of the molecule is COc1ncccc1C1=C(COc2cncc(Cl)c2C=O)CCCC1. The third-order valence-corrected chi connectivity index (χ3v) is 4.60. The Labute approximate surface area is 151 Å². The molecular weight excluding hydrogens is 340 g/mol. The minimum atomic E-state index is 0.291. The van der Waals surface area contributed by atoms with Crippen LogP contribution in [0.4, 0.5) is 0 Å². The zero-order valence-electron chi connectivity index (χ0n) is 14.0. The minimum absolute atomic E-state index is 0.291. The van der Waals surface area contributed by atoms with E-state index in [9.17, 15) is 4.79 Å². The van der Waals surface area contributed by atoms with E-state index in [1.807, 2.05) is 12.1 Å². The van der Waals surface area contributed by atoms with E-state index < -0.39 is 0 Å². The van der Waals surface area contributed by atoms with Gasteiger partial charge in [0, 0.05) is 18.0 Å². The average molecular weight is 359 g/mol. The number of carbonyl (C=O) groups excluding carboxylic acids is 1. The van der Waals surface area contributed by atoms with Crippen molar-refractivity contribution < 1.29 is 14.3 Å². The highest BCUT2D eigenvalue weighted by atomic mass is 35.5. The molecule has 2 heterocycles. The quantitative estimate of drug-likeness (QED) is 0.718. The number of aldehydes is 1. The average Bonchev–Trinajstić information content (AvgIpc) is 2.66. The van der Waals surface area contributed by atoms with Crippen LogP contribution in [0.2, 0.25) is 5.02 Å². The lowest BCUT2D eigenvalue weighted by Gasteiger charge is -2.22. The Morgan fingerprint density at radius 3 is 2.92 bits per heavy atom. The van der Waals surface area contributed by atoms with Crippen LogP contribution in [0.15, 0.2) is 36.3 Å². The van der Waals surface area contributed by atoms with Crippen molar-refractivity contribution in [1.29, 1.82) is 0 Å². The standard InChI is InChI=1S/C19H19ClN2O3/c1-24-19-15(7-4-8-22-19)14-6-3-2-5-13(14)12-25-18-10-21-9-17(20)16(18)11-23/h4,7-11H,2-3,5-6,12H2,1H3. The number of pyridine rings is 2. The van der Waals surface area contributed by atoms with Gasteiger partial charge in [0.1, 0.15) is 12.4 Å². The summed E-state index contributed by atoms with van der Waals surface area (Å²) in [6, 6.07) is 3.92. The molecule has 0 amide bonds. The van der Waals surface area contributed by atoms with E-state index in [0.717, 1.165) is 31.2 Å². The maximum absolute atomic E-state index is 11.2. The number of hydrogen-bond donors (Lipinski definition) is 0. The molecule has 0 fully saturated rings. The predicted octanol–water partition coefficient (Wildman–Crippen LogP) is 4.36. The first-order valence-corrected chi connectivity index (χ1v) is 8.54. The molecule has 1 aliphatic rings. The van der Waals surface area contributed by atoms with Crippen molar-refractivity contribution in [3.8, 4) is 11.6 Å². The van der Waals surface area contributed by atoms with E-state index in [-0.39, 0.29) is 0 Å². The summed E-state index contributed by atoms with van der Waals surface area (Å²) in [5.41, 5.74) is 3.73. The highest BCUT2D eigenvalue weighted by molar-refractivity contribution is 6.33. The molecule has 0 N–H and O–H groups in total. The molecule has 3 rings (SSSR count). The Balaban J connectivity index is 1.90. The van der Waals surface area contributed by atoms with Crippen molar-refractivity contribution in [3.63, 3.8) is 0 Å². The number of aromatic nitrogens is 2. The van der Waals surface area contributed by atoms with Crippen molar-refractivity contribution in [1.82, 2.24) is 9.97 Å². The second kappa shape index (κ2) is 8.12. The lowest BCUT2D eigenvalue weighted by molar-refractivity contribution is 0.112. The highest BCUT2D eigenvalue weighted by Crippen LogP contribution is 2.36. The molecular formula is C19H19ClN2O3. The maximum atomic E-state index is 11.2. The number of ether oxygens (including phenoxy) is 2. The van der Waals surface area contributed by atoms with E-state index in [1.165, 1.54) is 23.5 Å². The lowest BCUT2D eigenvalue weighted by Crippen LogP contribution is -2.10. The number of hydrogen-bond acceptors (Lipinski definition) is 5. The maximum Gasteiger partial charge on any atom is 0.220 e. The molecule has 0 atom stereocenters. The van der Waals surface area contributed by atoms with Crippen LogP contribution in [-0.4, -0.2) is 30.0 Å². The summed E-state index contributed by atoms with van der Waals surface area (Å²) in [5, 5.41) is 0.291. The van der Waals surface area contributed by atoms with Crippen LogP contribution < -0.4 is 9.47 Å². The van der Waals surface area contributed by atoms with Gasteiger partial charge >= 0.3 is 0 Å². The van der Waals surface area contributed by atoms with Gasteiger partial charge in [0.05, 0.1) is 23.9 Å². The van der Waals surface area contributed by atoms with Crippen LogP contribution in [0.3, 0.4) is 0 Å². The third-order valence-electron chi connectivity index (χ3n) is 4.29. The number of allylic oxidation sites excluding steroid dienone is 1. The van der Waals surface area contributed by atoms with E-state index in [1.54, 1.807) is 13.3 Å². The van der Waals surface area contributed by atoms with Gasteiger partial charge in [-0.2, -0.15) is 0 Å². The number of halogens is 1. The normalized spacial score (nSPS) is 14.3. The van der Waals surface area contributed by atoms with E-state index in [4.69, 9.17) is 21.1 Å². The van der Waals surface area contributed by atoms with E-state index in [0.29, 0.717) is 35.1 Å². The summed E-state index contributed by atoms with van der Waals surface area (Å²) in [7, 11) is 1.62. The zero-order valence-corrected chi connectivity index (χ0v) is 14.8. The monoisotopic (exact) mass is 358 g/mol. The smallest absolute Gasteiger partial charge is 0.220 e. The summed E-state index contributed by atoms with van der Waals surface area (Å²) in [4.78, 5) is 19.5. The summed E-state index contributed by atoms with van der Waals surface area (Å²) in [6.07, 6.45) is 9.49. The fourth-order valence-electron chi connectivity index (χ4n) is 3.06. The van der Waals surface area contributed by atoms with Gasteiger partial charge in [-0.1, -0.05) is 11.6 Å². The van der Waals surface area contributed by atoms with Crippen molar-refractivity contribution >= 4 is 23.5 Å². The Morgan fingerprint density at radius 2 is 2.12 bits per heavy atom. The summed E-state index contributed by atoms with van der Waals surface area (Å²) >= 11 is 6.00. The fourth-order valence-corrected chi connectivity index (χ4v) is 3.25. The zero-order chi connectivity index (χ0) is 17.6. The van der Waals surface area contributed by atoms with E-state index in [2.05, 4.69) is 9.97 Å². The number of nitrogens with zero attached hydrogens (tertiary/aromatic N) is 2.